The van der Waals surface area contributed by atoms with Gasteiger partial charge in [-0.2, -0.15) is 10.2 Å². The molecule has 1 unspecified atom stereocenters. The number of rotatable bonds is 18. The zero-order valence-electron chi connectivity index (χ0n) is 34.8. The number of unbranched alkanes of at least 4 members (excludes halogenated alkanes) is 3. The smallest absolute Gasteiger partial charge is 0.306 e. The lowest BCUT2D eigenvalue weighted by Crippen LogP contribution is -2.51. The molecule has 54 heavy (non-hydrogen) atoms. The van der Waals surface area contributed by atoms with Gasteiger partial charge in [-0.15, -0.1) is 0 Å². The van der Waals surface area contributed by atoms with Crippen molar-refractivity contribution in [3.05, 3.63) is 65.7 Å². The maximum absolute atomic E-state index is 12.9. The number of esters is 1. The SMILES string of the molecule is CCCCc1ccc(N=Nc2ccc(OCCCCCC(=O)OC3CC[C@@]4(C)C(=CC[C@H]5[C@@H]6CC[C@H]([C@H](C)CCCC(C)C)[C@@]6(C)CC[C@@H]54)C3)cc2)cc1. The Morgan fingerprint density at radius 3 is 2.28 bits per heavy atom. The molecule has 0 bridgehead atoms. The van der Waals surface area contributed by atoms with Gasteiger partial charge in [0.05, 0.1) is 18.0 Å². The largest absolute Gasteiger partial charge is 0.494 e. The summed E-state index contributed by atoms with van der Waals surface area (Å²) < 4.78 is 12.1. The molecule has 6 rings (SSSR count). The second-order valence-corrected chi connectivity index (χ2v) is 18.8. The fourth-order valence-electron chi connectivity index (χ4n) is 11.6. The number of azo groups is 1. The molecule has 0 radical (unpaired) electrons. The molecule has 0 heterocycles. The first-order chi connectivity index (χ1) is 26.1. The van der Waals surface area contributed by atoms with Crippen LogP contribution in [-0.2, 0) is 16.0 Å². The number of allylic oxidation sites excluding steroid dienone is 1. The molecule has 0 N–H and O–H groups in total. The average molecular weight is 737 g/mol. The van der Waals surface area contributed by atoms with Crippen LogP contribution in [0.3, 0.4) is 0 Å². The first kappa shape index (κ1) is 40.7. The Bertz CT molecular complexity index is 1550. The number of carbonyl (C=O) groups excluding carboxylic acids is 1. The van der Waals surface area contributed by atoms with Crippen LogP contribution < -0.4 is 4.74 Å². The van der Waals surface area contributed by atoms with Crippen molar-refractivity contribution in [1.29, 1.82) is 0 Å². The molecule has 0 aliphatic heterocycles. The molecule has 3 saturated carbocycles. The number of nitrogens with zero attached hydrogens (tertiary/aromatic N) is 2. The van der Waals surface area contributed by atoms with Crippen molar-refractivity contribution in [1.82, 2.24) is 0 Å². The predicted octanol–water partition coefficient (Wildman–Crippen LogP) is 14.3. The highest BCUT2D eigenvalue weighted by atomic mass is 16.5. The minimum absolute atomic E-state index is 0.0241. The van der Waals surface area contributed by atoms with Gasteiger partial charge in [0, 0.05) is 12.8 Å². The topological polar surface area (TPSA) is 60.2 Å². The summed E-state index contributed by atoms with van der Waals surface area (Å²) in [6.45, 7) is 15.4. The van der Waals surface area contributed by atoms with E-state index in [1.165, 1.54) is 76.2 Å². The highest BCUT2D eigenvalue weighted by molar-refractivity contribution is 5.69. The van der Waals surface area contributed by atoms with E-state index in [9.17, 15) is 4.79 Å². The molecule has 4 aliphatic rings. The summed E-state index contributed by atoms with van der Waals surface area (Å²) in [6, 6.07) is 16.1. The van der Waals surface area contributed by atoms with Crippen molar-refractivity contribution in [2.75, 3.05) is 6.61 Å². The van der Waals surface area contributed by atoms with E-state index < -0.39 is 0 Å². The number of aryl methyl sites for hydroxylation is 1. The van der Waals surface area contributed by atoms with Gasteiger partial charge in [0.15, 0.2) is 0 Å². The van der Waals surface area contributed by atoms with Gasteiger partial charge < -0.3 is 9.47 Å². The molecule has 0 aromatic heterocycles. The number of hydrogen-bond donors (Lipinski definition) is 0. The van der Waals surface area contributed by atoms with Crippen LogP contribution in [0, 0.1) is 46.3 Å². The van der Waals surface area contributed by atoms with E-state index in [0.717, 1.165) is 91.2 Å². The van der Waals surface area contributed by atoms with Crippen molar-refractivity contribution in [2.24, 2.45) is 56.6 Å². The molecule has 0 spiro atoms. The minimum atomic E-state index is -0.0241. The zero-order valence-corrected chi connectivity index (χ0v) is 34.8. The predicted molar refractivity (Wildman–Crippen MR) is 223 cm³/mol. The number of fused-ring (bicyclic) bond motifs is 5. The highest BCUT2D eigenvalue weighted by Crippen LogP contribution is 2.67. The summed E-state index contributed by atoms with van der Waals surface area (Å²) in [6.07, 6.45) is 23.7. The molecule has 2 aromatic rings. The van der Waals surface area contributed by atoms with Gasteiger partial charge in [-0.25, -0.2) is 0 Å². The lowest BCUT2D eigenvalue weighted by Gasteiger charge is -2.58. The summed E-state index contributed by atoms with van der Waals surface area (Å²) in [5, 5.41) is 8.76. The van der Waals surface area contributed by atoms with Gasteiger partial charge in [0.25, 0.3) is 0 Å². The summed E-state index contributed by atoms with van der Waals surface area (Å²) in [7, 11) is 0. The second-order valence-electron chi connectivity index (χ2n) is 18.8. The molecule has 2 aromatic carbocycles. The fourth-order valence-corrected chi connectivity index (χ4v) is 11.6. The summed E-state index contributed by atoms with van der Waals surface area (Å²) in [5.41, 5.74) is 5.44. The Morgan fingerprint density at radius 2 is 1.56 bits per heavy atom. The van der Waals surface area contributed by atoms with Crippen LogP contribution in [0.15, 0.2) is 70.4 Å². The monoisotopic (exact) mass is 737 g/mol. The van der Waals surface area contributed by atoms with Gasteiger partial charge in [0.2, 0.25) is 0 Å². The molecule has 8 atom stereocenters. The molecule has 5 nitrogen and oxygen atoms in total. The van der Waals surface area contributed by atoms with E-state index in [4.69, 9.17) is 9.47 Å². The number of hydrogen-bond acceptors (Lipinski definition) is 5. The molecular weight excluding hydrogens is 665 g/mol. The van der Waals surface area contributed by atoms with Gasteiger partial charge in [-0.3, -0.25) is 4.79 Å². The summed E-state index contributed by atoms with van der Waals surface area (Å²) >= 11 is 0. The Labute approximate surface area is 328 Å². The molecule has 0 amide bonds. The highest BCUT2D eigenvalue weighted by Gasteiger charge is 2.59. The zero-order chi connectivity index (χ0) is 38.1. The second kappa shape index (κ2) is 18.8. The standard InChI is InChI=1S/C49H72N2O3/c1-7-8-15-37-17-20-39(21-18-37)50-51-40-22-24-41(25-23-40)53-33-11-9-10-16-47(52)54-42-29-31-48(5)38(34-42)19-26-43-45-28-27-44(36(4)14-12-13-35(2)3)49(45,6)32-30-46(43)48/h17-25,35-36,42-46H,7-16,26-34H2,1-6H3/t36-,42?,43+,44-,45+,46+,48+,49-/m1/s1. The molecular formula is C49H72N2O3. The van der Waals surface area contributed by atoms with Crippen LogP contribution in [0.4, 0.5) is 11.4 Å². The summed E-state index contributed by atoms with van der Waals surface area (Å²) in [4.78, 5) is 12.9. The fraction of sp³-hybridized carbons (Fsp3) is 0.694. The molecule has 0 saturated heterocycles. The van der Waals surface area contributed by atoms with Gasteiger partial charge in [0.1, 0.15) is 11.9 Å². The van der Waals surface area contributed by atoms with Crippen LogP contribution in [0.2, 0.25) is 0 Å². The summed E-state index contributed by atoms with van der Waals surface area (Å²) in [5.74, 6) is 5.92. The lowest BCUT2D eigenvalue weighted by molar-refractivity contribution is -0.151. The van der Waals surface area contributed by atoms with Crippen LogP contribution in [0.5, 0.6) is 5.75 Å². The van der Waals surface area contributed by atoms with Crippen molar-refractivity contribution in [3.63, 3.8) is 0 Å². The molecule has 4 aliphatic carbocycles. The number of ether oxygens (including phenoxy) is 2. The van der Waals surface area contributed by atoms with Crippen molar-refractivity contribution in [2.45, 2.75) is 163 Å². The van der Waals surface area contributed by atoms with Gasteiger partial charge in [-0.1, -0.05) is 91.0 Å². The van der Waals surface area contributed by atoms with E-state index in [0.29, 0.717) is 23.9 Å². The van der Waals surface area contributed by atoms with E-state index in [1.54, 1.807) is 5.57 Å². The third-order valence-corrected chi connectivity index (χ3v) is 14.7. The Hall–Kier alpha value is -2.95. The first-order valence-corrected chi connectivity index (χ1v) is 22.2. The third-order valence-electron chi connectivity index (χ3n) is 14.7. The molecule has 5 heteroatoms. The van der Waals surface area contributed by atoms with Gasteiger partial charge >= 0.3 is 5.97 Å². The number of benzene rings is 2. The van der Waals surface area contributed by atoms with Crippen LogP contribution in [0.1, 0.15) is 156 Å². The molecule has 3 fully saturated rings. The quantitative estimate of drug-likeness (QED) is 0.0662. The average Bonchev–Trinajstić information content (AvgIpc) is 3.52. The van der Waals surface area contributed by atoms with Crippen molar-refractivity contribution >= 4 is 17.3 Å². The van der Waals surface area contributed by atoms with E-state index in [2.05, 4.69) is 70.0 Å². The van der Waals surface area contributed by atoms with Crippen molar-refractivity contribution < 1.29 is 14.3 Å². The molecule has 296 valence electrons. The van der Waals surface area contributed by atoms with Gasteiger partial charge in [-0.05, 0) is 165 Å². The maximum atomic E-state index is 12.9. The van der Waals surface area contributed by atoms with E-state index >= 15 is 0 Å². The van der Waals surface area contributed by atoms with Crippen LogP contribution in [-0.4, -0.2) is 18.7 Å². The third kappa shape index (κ3) is 9.88. The lowest BCUT2D eigenvalue weighted by atomic mass is 9.47. The Balaban J connectivity index is 0.880. The van der Waals surface area contributed by atoms with Crippen LogP contribution >= 0.6 is 0 Å². The first-order valence-electron chi connectivity index (χ1n) is 22.2. The maximum Gasteiger partial charge on any atom is 0.306 e. The van der Waals surface area contributed by atoms with E-state index in [-0.39, 0.29) is 12.1 Å². The number of carbonyl (C=O) groups is 1. The van der Waals surface area contributed by atoms with E-state index in [1.807, 2.05) is 36.4 Å². The van der Waals surface area contributed by atoms with Crippen LogP contribution in [0.25, 0.3) is 0 Å². The van der Waals surface area contributed by atoms with Crippen molar-refractivity contribution in [3.8, 4) is 5.75 Å². The normalized spacial score (nSPS) is 29.7. The Kier molecular flexibility index (Phi) is 14.2. The minimum Gasteiger partial charge on any atom is -0.494 e. The Morgan fingerprint density at radius 1 is 0.815 bits per heavy atom.